The van der Waals surface area contributed by atoms with Crippen molar-refractivity contribution in [2.75, 3.05) is 0 Å². The summed E-state index contributed by atoms with van der Waals surface area (Å²) >= 11 is 0. The second-order valence-electron chi connectivity index (χ2n) is 6.63. The molecular formula is C21H21F3N4O. The number of rotatable bonds is 5. The van der Waals surface area contributed by atoms with Gasteiger partial charge in [-0.1, -0.05) is 30.3 Å². The van der Waals surface area contributed by atoms with Crippen molar-refractivity contribution < 1.29 is 18.0 Å². The fourth-order valence-electron chi connectivity index (χ4n) is 2.98. The summed E-state index contributed by atoms with van der Waals surface area (Å²) < 4.78 is 39.6. The quantitative estimate of drug-likeness (QED) is 0.660. The van der Waals surface area contributed by atoms with Crippen LogP contribution in [0.15, 0.2) is 54.6 Å². The molecule has 29 heavy (non-hydrogen) atoms. The maximum Gasteiger partial charge on any atom is 0.416 e. The predicted molar refractivity (Wildman–Crippen MR) is 104 cm³/mol. The van der Waals surface area contributed by atoms with E-state index in [2.05, 4.69) is 15.7 Å². The molecule has 5 nitrogen and oxygen atoms in total. The Hall–Kier alpha value is -3.29. The monoisotopic (exact) mass is 402 g/mol. The van der Waals surface area contributed by atoms with Gasteiger partial charge in [0.1, 0.15) is 0 Å². The van der Waals surface area contributed by atoms with Crippen molar-refractivity contribution >= 4 is 6.03 Å². The van der Waals surface area contributed by atoms with Crippen LogP contribution in [0.4, 0.5) is 18.0 Å². The Morgan fingerprint density at radius 2 is 1.59 bits per heavy atom. The second kappa shape index (κ2) is 8.38. The lowest BCUT2D eigenvalue weighted by molar-refractivity contribution is -0.137. The molecule has 0 radical (unpaired) electrons. The highest BCUT2D eigenvalue weighted by Gasteiger charge is 2.29. The predicted octanol–water partition coefficient (Wildman–Crippen LogP) is 4.51. The van der Waals surface area contributed by atoms with Crippen LogP contribution in [0.3, 0.4) is 0 Å². The number of amides is 2. The molecule has 2 aromatic carbocycles. The largest absolute Gasteiger partial charge is 0.416 e. The van der Waals surface area contributed by atoms with Gasteiger partial charge in [0.25, 0.3) is 0 Å². The van der Waals surface area contributed by atoms with Crippen LogP contribution < -0.4 is 10.6 Å². The van der Waals surface area contributed by atoms with Gasteiger partial charge in [0, 0.05) is 24.3 Å². The molecule has 0 aliphatic heterocycles. The van der Waals surface area contributed by atoms with Crippen molar-refractivity contribution in [3.63, 3.8) is 0 Å². The summed E-state index contributed by atoms with van der Waals surface area (Å²) in [6.07, 6.45) is -4.37. The van der Waals surface area contributed by atoms with Crippen molar-refractivity contribution in [2.45, 2.75) is 33.1 Å². The van der Waals surface area contributed by atoms with Gasteiger partial charge in [-0.15, -0.1) is 0 Å². The highest BCUT2D eigenvalue weighted by molar-refractivity contribution is 5.73. The van der Waals surface area contributed by atoms with E-state index < -0.39 is 17.8 Å². The van der Waals surface area contributed by atoms with Gasteiger partial charge in [0.05, 0.1) is 16.9 Å². The Labute approximate surface area is 166 Å². The van der Waals surface area contributed by atoms with Crippen LogP contribution in [0.25, 0.3) is 5.69 Å². The van der Waals surface area contributed by atoms with E-state index in [0.29, 0.717) is 12.1 Å². The van der Waals surface area contributed by atoms with E-state index in [9.17, 15) is 18.0 Å². The first kappa shape index (κ1) is 20.4. The van der Waals surface area contributed by atoms with E-state index >= 15 is 0 Å². The zero-order valence-electron chi connectivity index (χ0n) is 16.0. The van der Waals surface area contributed by atoms with Crippen LogP contribution in [0.5, 0.6) is 0 Å². The highest BCUT2D eigenvalue weighted by atomic mass is 19.4. The molecule has 0 spiro atoms. The summed E-state index contributed by atoms with van der Waals surface area (Å²) in [7, 11) is 0. The molecule has 1 heterocycles. The van der Waals surface area contributed by atoms with Crippen LogP contribution in [-0.4, -0.2) is 15.8 Å². The van der Waals surface area contributed by atoms with E-state index in [1.807, 2.05) is 48.9 Å². The smallest absolute Gasteiger partial charge is 0.334 e. The molecule has 3 aromatic rings. The van der Waals surface area contributed by atoms with Crippen LogP contribution in [0.2, 0.25) is 0 Å². The lowest BCUT2D eigenvalue weighted by atomic mass is 10.1. The second-order valence-corrected chi connectivity index (χ2v) is 6.63. The zero-order chi connectivity index (χ0) is 21.0. The Kier molecular flexibility index (Phi) is 5.91. The minimum atomic E-state index is -4.37. The molecule has 0 saturated heterocycles. The molecular weight excluding hydrogens is 381 g/mol. The number of aryl methyl sites for hydroxylation is 1. The van der Waals surface area contributed by atoms with Crippen molar-refractivity contribution in [3.05, 3.63) is 82.7 Å². The third-order valence-electron chi connectivity index (χ3n) is 4.60. The number of carbonyl (C=O) groups excluding carboxylic acids is 1. The molecule has 0 bridgehead atoms. The molecule has 0 aliphatic carbocycles. The van der Waals surface area contributed by atoms with Crippen LogP contribution in [-0.2, 0) is 19.3 Å². The standard InChI is InChI=1S/C21H21F3N4O/c1-14-19(15(2)28(27-14)18-6-4-3-5-7-18)13-26-20(29)25-12-16-8-10-17(11-9-16)21(22,23)24/h3-11H,12-13H2,1-2H3,(H2,25,26,29). The number of hydrogen-bond donors (Lipinski definition) is 2. The number of hydrogen-bond acceptors (Lipinski definition) is 2. The summed E-state index contributed by atoms with van der Waals surface area (Å²) in [4.78, 5) is 12.1. The number of urea groups is 1. The first-order chi connectivity index (χ1) is 13.8. The number of nitrogens with one attached hydrogen (secondary N) is 2. The van der Waals surface area contributed by atoms with Gasteiger partial charge in [0.2, 0.25) is 0 Å². The lowest BCUT2D eigenvalue weighted by Gasteiger charge is -2.10. The molecule has 2 N–H and O–H groups in total. The molecule has 152 valence electrons. The number of nitrogens with zero attached hydrogens (tertiary/aromatic N) is 2. The van der Waals surface area contributed by atoms with Gasteiger partial charge in [-0.3, -0.25) is 0 Å². The van der Waals surface area contributed by atoms with Crippen LogP contribution >= 0.6 is 0 Å². The first-order valence-corrected chi connectivity index (χ1v) is 9.04. The minimum absolute atomic E-state index is 0.130. The molecule has 0 fully saturated rings. The number of halogens is 3. The minimum Gasteiger partial charge on any atom is -0.334 e. The van der Waals surface area contributed by atoms with Gasteiger partial charge in [-0.2, -0.15) is 18.3 Å². The van der Waals surface area contributed by atoms with E-state index in [1.165, 1.54) is 12.1 Å². The average molecular weight is 402 g/mol. The summed E-state index contributed by atoms with van der Waals surface area (Å²) in [5.74, 6) is 0. The fourth-order valence-corrected chi connectivity index (χ4v) is 2.98. The fraction of sp³-hybridized carbons (Fsp3) is 0.238. The highest BCUT2D eigenvalue weighted by Crippen LogP contribution is 2.29. The van der Waals surface area contributed by atoms with Gasteiger partial charge >= 0.3 is 12.2 Å². The molecule has 0 saturated carbocycles. The van der Waals surface area contributed by atoms with E-state index in [0.717, 1.165) is 34.8 Å². The summed E-state index contributed by atoms with van der Waals surface area (Å²) in [5.41, 5.74) is 3.46. The molecule has 3 rings (SSSR count). The summed E-state index contributed by atoms with van der Waals surface area (Å²) in [5, 5.41) is 9.95. The number of alkyl halides is 3. The van der Waals surface area contributed by atoms with Crippen molar-refractivity contribution in [3.8, 4) is 5.69 Å². The maximum absolute atomic E-state index is 12.6. The maximum atomic E-state index is 12.6. The third-order valence-corrected chi connectivity index (χ3v) is 4.60. The molecule has 2 amide bonds. The Morgan fingerprint density at radius 3 is 2.21 bits per heavy atom. The third kappa shape index (κ3) is 4.96. The van der Waals surface area contributed by atoms with Crippen molar-refractivity contribution in [2.24, 2.45) is 0 Å². The van der Waals surface area contributed by atoms with Crippen LogP contribution in [0, 0.1) is 13.8 Å². The Bertz CT molecular complexity index is 980. The average Bonchev–Trinajstić information content (AvgIpc) is 2.99. The lowest BCUT2D eigenvalue weighted by Crippen LogP contribution is -2.34. The van der Waals surface area contributed by atoms with Gasteiger partial charge in [-0.25, -0.2) is 9.48 Å². The zero-order valence-corrected chi connectivity index (χ0v) is 16.0. The molecule has 0 aliphatic rings. The molecule has 8 heteroatoms. The number of para-hydroxylation sites is 1. The van der Waals surface area contributed by atoms with E-state index in [-0.39, 0.29) is 6.54 Å². The van der Waals surface area contributed by atoms with Gasteiger partial charge < -0.3 is 10.6 Å². The summed E-state index contributed by atoms with van der Waals surface area (Å²) in [6, 6.07) is 14.0. The first-order valence-electron chi connectivity index (χ1n) is 9.04. The van der Waals surface area contributed by atoms with E-state index in [1.54, 1.807) is 0 Å². The van der Waals surface area contributed by atoms with Gasteiger partial charge in [-0.05, 0) is 43.7 Å². The number of aromatic nitrogens is 2. The van der Waals surface area contributed by atoms with Crippen LogP contribution in [0.1, 0.15) is 28.1 Å². The Morgan fingerprint density at radius 1 is 0.966 bits per heavy atom. The topological polar surface area (TPSA) is 59.0 Å². The van der Waals surface area contributed by atoms with Gasteiger partial charge in [0.15, 0.2) is 0 Å². The summed E-state index contributed by atoms with van der Waals surface area (Å²) in [6.45, 7) is 4.24. The number of carbonyl (C=O) groups is 1. The molecule has 0 atom stereocenters. The SMILES string of the molecule is Cc1nn(-c2ccccc2)c(C)c1CNC(=O)NCc1ccc(C(F)(F)F)cc1. The normalized spacial score (nSPS) is 11.3. The molecule has 1 aromatic heterocycles. The van der Waals surface area contributed by atoms with Crippen molar-refractivity contribution in [1.82, 2.24) is 20.4 Å². The van der Waals surface area contributed by atoms with Crippen molar-refractivity contribution in [1.29, 1.82) is 0 Å². The Balaban J connectivity index is 1.57. The van der Waals surface area contributed by atoms with E-state index in [4.69, 9.17) is 0 Å². The number of benzene rings is 2. The molecule has 0 unspecified atom stereocenters.